The first-order chi connectivity index (χ1) is 14.3. The zero-order chi connectivity index (χ0) is 21.3. The topological polar surface area (TPSA) is 20.3 Å². The van der Waals surface area contributed by atoms with Crippen LogP contribution in [-0.4, -0.2) is 21.9 Å². The Bertz CT molecular complexity index is 906. The van der Waals surface area contributed by atoms with Crippen molar-refractivity contribution in [3.63, 3.8) is 0 Å². The molecular weight excluding hydrogens is 414 g/mol. The van der Waals surface area contributed by atoms with Crippen molar-refractivity contribution in [2.75, 3.05) is 6.54 Å². The Labute approximate surface area is 177 Å². The average Bonchev–Trinajstić information content (AvgIpc) is 3.09. The van der Waals surface area contributed by atoms with E-state index in [-0.39, 0.29) is 17.0 Å². The first kappa shape index (κ1) is 21.2. The van der Waals surface area contributed by atoms with E-state index in [1.165, 1.54) is 49.2 Å². The summed E-state index contributed by atoms with van der Waals surface area (Å²) in [4.78, 5) is 14.3. The molecule has 1 saturated carbocycles. The Morgan fingerprint density at radius 2 is 1.70 bits per heavy atom. The Hall–Kier alpha value is -2.02. The highest BCUT2D eigenvalue weighted by Crippen LogP contribution is 2.40. The highest BCUT2D eigenvalue weighted by Gasteiger charge is 2.37. The number of carbonyl (C=O) groups is 1. The van der Waals surface area contributed by atoms with Crippen LogP contribution in [-0.2, 0) is 12.7 Å². The largest absolute Gasteiger partial charge is 0.416 e. The maximum absolute atomic E-state index is 13.3. The molecule has 1 saturated heterocycles. The molecule has 30 heavy (non-hydrogen) atoms. The summed E-state index contributed by atoms with van der Waals surface area (Å²) >= 11 is 1.33. The molecule has 160 valence electrons. The predicted molar refractivity (Wildman–Crippen MR) is 111 cm³/mol. The van der Waals surface area contributed by atoms with E-state index in [1.54, 1.807) is 17.0 Å². The number of amides is 1. The summed E-state index contributed by atoms with van der Waals surface area (Å²) in [6.07, 6.45) is 1.35. The number of carbonyl (C=O) groups excluding carboxylic acids is 1. The molecule has 2 aliphatic rings. The van der Waals surface area contributed by atoms with Gasteiger partial charge in [-0.25, -0.2) is 4.39 Å². The molecule has 2 nitrogen and oxygen atoms in total. The van der Waals surface area contributed by atoms with Crippen molar-refractivity contribution in [3.05, 3.63) is 59.4 Å². The van der Waals surface area contributed by atoms with Crippen LogP contribution in [0.3, 0.4) is 0 Å². The standard InChI is InChI=1S/C23H23F4NOS/c24-19-9-6-15(7-10-19)20-11-8-18(23(25,26)27)12-17(20)13-28-14-21(30-22(28)29)16-4-2-1-3-5-16/h6-12,16,21H,1-5,13-14H2. The molecule has 1 aliphatic carbocycles. The lowest BCUT2D eigenvalue weighted by Gasteiger charge is -2.26. The lowest BCUT2D eigenvalue weighted by molar-refractivity contribution is -0.137. The number of nitrogens with zero attached hydrogens (tertiary/aromatic N) is 1. The summed E-state index contributed by atoms with van der Waals surface area (Å²) in [6, 6.07) is 9.23. The van der Waals surface area contributed by atoms with E-state index in [0.29, 0.717) is 29.2 Å². The van der Waals surface area contributed by atoms with Crippen LogP contribution in [0.15, 0.2) is 42.5 Å². The number of rotatable bonds is 4. The number of thioether (sulfide) groups is 1. The number of benzene rings is 2. The van der Waals surface area contributed by atoms with Gasteiger partial charge in [-0.05, 0) is 59.7 Å². The quantitative estimate of drug-likeness (QED) is 0.474. The molecule has 1 amide bonds. The van der Waals surface area contributed by atoms with E-state index >= 15 is 0 Å². The lowest BCUT2D eigenvalue weighted by atomic mass is 9.86. The first-order valence-corrected chi connectivity index (χ1v) is 11.1. The zero-order valence-corrected chi connectivity index (χ0v) is 17.2. The van der Waals surface area contributed by atoms with Gasteiger partial charge in [-0.15, -0.1) is 0 Å². The molecular formula is C23H23F4NOS. The van der Waals surface area contributed by atoms with Crippen molar-refractivity contribution in [2.45, 2.75) is 50.1 Å². The van der Waals surface area contributed by atoms with Crippen molar-refractivity contribution >= 4 is 17.0 Å². The molecule has 1 aliphatic heterocycles. The fraction of sp³-hybridized carbons (Fsp3) is 0.435. The van der Waals surface area contributed by atoms with E-state index in [2.05, 4.69) is 0 Å². The monoisotopic (exact) mass is 437 g/mol. The van der Waals surface area contributed by atoms with E-state index in [0.717, 1.165) is 25.0 Å². The van der Waals surface area contributed by atoms with E-state index in [9.17, 15) is 22.4 Å². The number of hydrogen-bond donors (Lipinski definition) is 0. The highest BCUT2D eigenvalue weighted by molar-refractivity contribution is 8.14. The fourth-order valence-electron chi connectivity index (χ4n) is 4.43. The minimum Gasteiger partial charge on any atom is -0.328 e. The third-order valence-corrected chi connectivity index (χ3v) is 7.33. The summed E-state index contributed by atoms with van der Waals surface area (Å²) in [5.41, 5.74) is 0.895. The predicted octanol–water partition coefficient (Wildman–Crippen LogP) is 7.13. The lowest BCUT2D eigenvalue weighted by Crippen LogP contribution is -2.28. The Morgan fingerprint density at radius 3 is 2.37 bits per heavy atom. The Morgan fingerprint density at radius 1 is 1.00 bits per heavy atom. The molecule has 1 atom stereocenters. The van der Waals surface area contributed by atoms with Crippen molar-refractivity contribution in [1.29, 1.82) is 0 Å². The first-order valence-electron chi connectivity index (χ1n) is 10.2. The maximum Gasteiger partial charge on any atom is 0.416 e. The van der Waals surface area contributed by atoms with Crippen LogP contribution in [0.2, 0.25) is 0 Å². The molecule has 1 unspecified atom stereocenters. The van der Waals surface area contributed by atoms with E-state index in [4.69, 9.17) is 0 Å². The second kappa shape index (κ2) is 8.61. The van der Waals surface area contributed by atoms with Gasteiger partial charge in [-0.2, -0.15) is 13.2 Å². The average molecular weight is 438 g/mol. The molecule has 2 fully saturated rings. The molecule has 0 spiro atoms. The van der Waals surface area contributed by atoms with Gasteiger partial charge in [0.2, 0.25) is 0 Å². The molecule has 0 aromatic heterocycles. The summed E-state index contributed by atoms with van der Waals surface area (Å²) in [6.45, 7) is 0.680. The van der Waals surface area contributed by atoms with Crippen molar-refractivity contribution in [3.8, 4) is 11.1 Å². The summed E-state index contributed by atoms with van der Waals surface area (Å²) in [5.74, 6) is 0.0874. The second-order valence-corrected chi connectivity index (χ2v) is 9.27. The van der Waals surface area contributed by atoms with Gasteiger partial charge in [0.05, 0.1) is 5.56 Å². The second-order valence-electron chi connectivity index (χ2n) is 8.08. The third-order valence-electron chi connectivity index (χ3n) is 6.04. The molecule has 0 N–H and O–H groups in total. The van der Waals surface area contributed by atoms with Crippen molar-refractivity contribution in [1.82, 2.24) is 4.90 Å². The van der Waals surface area contributed by atoms with E-state index < -0.39 is 17.6 Å². The van der Waals surface area contributed by atoms with Gasteiger partial charge >= 0.3 is 6.18 Å². The van der Waals surface area contributed by atoms with Gasteiger partial charge in [0.1, 0.15) is 5.82 Å². The third kappa shape index (κ3) is 4.66. The van der Waals surface area contributed by atoms with Crippen LogP contribution in [0.25, 0.3) is 11.1 Å². The van der Waals surface area contributed by atoms with Gasteiger partial charge < -0.3 is 4.90 Å². The molecule has 1 heterocycles. The summed E-state index contributed by atoms with van der Waals surface area (Å²) in [5, 5.41) is 0.130. The fourth-order valence-corrected chi connectivity index (χ4v) is 5.70. The molecule has 0 radical (unpaired) electrons. The molecule has 7 heteroatoms. The SMILES string of the molecule is O=C1SC(C2CCCCC2)CN1Cc1cc(C(F)(F)F)ccc1-c1ccc(F)cc1. The van der Waals surface area contributed by atoms with Crippen LogP contribution < -0.4 is 0 Å². The van der Waals surface area contributed by atoms with Crippen molar-refractivity contribution < 1.29 is 22.4 Å². The molecule has 2 aromatic rings. The number of alkyl halides is 3. The van der Waals surface area contributed by atoms with Gasteiger partial charge in [-0.3, -0.25) is 4.79 Å². The molecule has 2 aromatic carbocycles. The van der Waals surface area contributed by atoms with Gasteiger partial charge in [-0.1, -0.05) is 49.2 Å². The van der Waals surface area contributed by atoms with Crippen molar-refractivity contribution in [2.24, 2.45) is 5.92 Å². The maximum atomic E-state index is 13.3. The van der Waals surface area contributed by atoms with E-state index in [1.807, 2.05) is 0 Å². The minimum atomic E-state index is -4.47. The number of halogens is 4. The van der Waals surface area contributed by atoms with Crippen LogP contribution in [0, 0.1) is 11.7 Å². The van der Waals surface area contributed by atoms with Crippen LogP contribution in [0.1, 0.15) is 43.2 Å². The van der Waals surface area contributed by atoms with Crippen LogP contribution >= 0.6 is 11.8 Å². The summed E-state index contributed by atoms with van der Waals surface area (Å²) in [7, 11) is 0. The highest BCUT2D eigenvalue weighted by atomic mass is 32.2. The zero-order valence-electron chi connectivity index (χ0n) is 16.4. The molecule has 0 bridgehead atoms. The van der Waals surface area contributed by atoms with Crippen LogP contribution in [0.4, 0.5) is 22.4 Å². The smallest absolute Gasteiger partial charge is 0.328 e. The van der Waals surface area contributed by atoms with Gasteiger partial charge in [0.15, 0.2) is 0 Å². The number of hydrogen-bond acceptors (Lipinski definition) is 2. The normalized spacial score (nSPS) is 20.7. The molecule has 4 rings (SSSR count). The summed E-state index contributed by atoms with van der Waals surface area (Å²) < 4.78 is 53.3. The Balaban J connectivity index is 1.61. The van der Waals surface area contributed by atoms with Gasteiger partial charge in [0, 0.05) is 18.3 Å². The Kier molecular flexibility index (Phi) is 6.09. The van der Waals surface area contributed by atoms with Crippen LogP contribution in [0.5, 0.6) is 0 Å². The van der Waals surface area contributed by atoms with Gasteiger partial charge in [0.25, 0.3) is 5.24 Å². The minimum absolute atomic E-state index is 0.0759.